The predicted molar refractivity (Wildman–Crippen MR) is 231 cm³/mol. The number of amides is 3. The molecule has 3 fully saturated rings. The minimum absolute atomic E-state index is 0.204. The van der Waals surface area contributed by atoms with Crippen LogP contribution in [0.3, 0.4) is 0 Å². The molecular formula is C45H53ClN10O3. The number of anilines is 2. The highest BCUT2D eigenvalue weighted by Gasteiger charge is 2.40. The maximum Gasteiger partial charge on any atom is 0.268 e. The second-order valence-electron chi connectivity index (χ2n) is 17.2. The molecule has 1 spiro atoms. The highest BCUT2D eigenvalue weighted by Crippen LogP contribution is 2.47. The lowest BCUT2D eigenvalue weighted by Gasteiger charge is -2.48. The smallest absolute Gasteiger partial charge is 0.268 e. The lowest BCUT2D eigenvalue weighted by atomic mass is 9.66. The standard InChI is InChI=1S/C45H53ClN10O3/c1-27-21-34(46)33(32-8-10-41(57)51-44(32)59)22-38(27)53(3)29-11-14-45(15-12-29)16-19-54(20-17-45)26-28-7-9-35(49-24-28)30-5-4-6-37-31(30)13-18-55(37)40-23-36(48-2)43-50-25-39(42(47)58)56(43)52-40/h4-7,9,21-25,29,32,40,48,52H,8,10-20,26H2,1-3H3,(H2,47,58)(H,51,57,59). The fraction of sp³-hybridized carbons (Fsp3) is 0.444. The van der Waals surface area contributed by atoms with Gasteiger partial charge in [0.1, 0.15) is 11.9 Å². The van der Waals surface area contributed by atoms with Crippen molar-refractivity contribution in [3.63, 3.8) is 0 Å². The number of carbonyl (C=O) groups is 3. The molecule has 4 aliphatic heterocycles. The minimum atomic E-state index is -0.533. The predicted octanol–water partition coefficient (Wildman–Crippen LogP) is 5.69. The number of rotatable bonds is 9. The van der Waals surface area contributed by atoms with E-state index in [4.69, 9.17) is 22.3 Å². The maximum atomic E-state index is 12.7. The maximum absolute atomic E-state index is 12.7. The number of aromatic nitrogens is 3. The lowest BCUT2D eigenvalue weighted by molar-refractivity contribution is -0.134. The van der Waals surface area contributed by atoms with Gasteiger partial charge in [-0.1, -0.05) is 29.8 Å². The summed E-state index contributed by atoms with van der Waals surface area (Å²) in [7, 11) is 4.03. The van der Waals surface area contributed by atoms with Gasteiger partial charge in [-0.25, -0.2) is 9.66 Å². The Morgan fingerprint density at radius 2 is 1.81 bits per heavy atom. The molecule has 2 saturated heterocycles. The number of halogens is 1. The highest BCUT2D eigenvalue weighted by molar-refractivity contribution is 6.32. The summed E-state index contributed by atoms with van der Waals surface area (Å²) in [6, 6.07) is 15.3. The number of primary amides is 1. The van der Waals surface area contributed by atoms with Crippen LogP contribution in [0.5, 0.6) is 0 Å². The van der Waals surface area contributed by atoms with Gasteiger partial charge in [0, 0.05) is 67.8 Å². The largest absolute Gasteiger partial charge is 0.385 e. The number of benzene rings is 2. The first-order valence-corrected chi connectivity index (χ1v) is 21.4. The van der Waals surface area contributed by atoms with Crippen molar-refractivity contribution in [2.45, 2.75) is 89.4 Å². The van der Waals surface area contributed by atoms with Crippen LogP contribution < -0.4 is 31.6 Å². The molecule has 13 nitrogen and oxygen atoms in total. The van der Waals surface area contributed by atoms with E-state index in [0.29, 0.717) is 40.8 Å². The Kier molecular flexibility index (Phi) is 10.4. The number of hydrogen-bond acceptors (Lipinski definition) is 10. The molecule has 4 aromatic rings. The number of piperidine rings is 2. The van der Waals surface area contributed by atoms with E-state index in [2.05, 4.69) is 92.2 Å². The number of pyridine rings is 1. The molecule has 9 rings (SSSR count). The van der Waals surface area contributed by atoms with E-state index in [9.17, 15) is 14.4 Å². The molecular weight excluding hydrogens is 764 g/mol. The van der Waals surface area contributed by atoms with E-state index in [-0.39, 0.29) is 18.0 Å². The summed E-state index contributed by atoms with van der Waals surface area (Å²) in [5, 5.41) is 6.31. The number of nitrogens with one attached hydrogen (secondary N) is 3. The SMILES string of the molecule is CNC1=CC(N2CCc3c(-c4ccc(CN5CCC6(CCC(N(C)c7cc(C8CCC(=O)NC8=O)c(Cl)cc7C)CC6)CC5)cn4)cccc32)Nn2c(C(N)=O)cnc21. The first-order chi connectivity index (χ1) is 28.5. The van der Waals surface area contributed by atoms with E-state index >= 15 is 0 Å². The van der Waals surface area contributed by atoms with Crippen LogP contribution in [0.15, 0.2) is 60.9 Å². The van der Waals surface area contributed by atoms with Crippen LogP contribution in [0.25, 0.3) is 17.0 Å². The molecule has 3 amide bonds. The molecule has 2 aromatic heterocycles. The molecule has 2 unspecified atom stereocenters. The Morgan fingerprint density at radius 1 is 1.02 bits per heavy atom. The fourth-order valence-electron chi connectivity index (χ4n) is 10.3. The molecule has 6 heterocycles. The van der Waals surface area contributed by atoms with E-state index in [1.165, 1.54) is 43.0 Å². The molecule has 5 N–H and O–H groups in total. The second-order valence-corrected chi connectivity index (χ2v) is 17.6. The van der Waals surface area contributed by atoms with Crippen LogP contribution in [0.2, 0.25) is 5.02 Å². The Hall–Kier alpha value is -5.40. The van der Waals surface area contributed by atoms with Crippen LogP contribution in [0, 0.1) is 12.3 Å². The summed E-state index contributed by atoms with van der Waals surface area (Å²) in [5.41, 5.74) is 19.5. The third-order valence-corrected chi connectivity index (χ3v) is 14.1. The lowest BCUT2D eigenvalue weighted by Crippen LogP contribution is -2.46. The van der Waals surface area contributed by atoms with Crippen molar-refractivity contribution in [2.75, 3.05) is 49.0 Å². The molecule has 14 heteroatoms. The van der Waals surface area contributed by atoms with Gasteiger partial charge in [0.2, 0.25) is 11.8 Å². The van der Waals surface area contributed by atoms with Crippen LogP contribution in [0.1, 0.15) is 95.9 Å². The van der Waals surface area contributed by atoms with Gasteiger partial charge >= 0.3 is 0 Å². The molecule has 59 heavy (non-hydrogen) atoms. The molecule has 1 aliphatic carbocycles. The number of aryl methyl sites for hydroxylation is 1. The first-order valence-electron chi connectivity index (χ1n) is 21.0. The molecule has 2 atom stereocenters. The molecule has 0 radical (unpaired) electrons. The molecule has 308 valence electrons. The summed E-state index contributed by atoms with van der Waals surface area (Å²) in [6.07, 6.45) is 14.3. The number of hydrogen-bond donors (Lipinski definition) is 4. The van der Waals surface area contributed by atoms with Crippen molar-refractivity contribution < 1.29 is 14.4 Å². The number of fused-ring (bicyclic) bond motifs is 2. The van der Waals surface area contributed by atoms with Crippen molar-refractivity contribution in [1.82, 2.24) is 30.2 Å². The molecule has 1 saturated carbocycles. The minimum Gasteiger partial charge on any atom is -0.385 e. The summed E-state index contributed by atoms with van der Waals surface area (Å²) in [5.74, 6) is -0.773. The van der Waals surface area contributed by atoms with Crippen molar-refractivity contribution in [3.05, 3.63) is 99.7 Å². The Labute approximate surface area is 350 Å². The second kappa shape index (κ2) is 15.6. The summed E-state index contributed by atoms with van der Waals surface area (Å²) in [6.45, 7) is 5.99. The first kappa shape index (κ1) is 39.1. The zero-order chi connectivity index (χ0) is 41.0. The molecule has 5 aliphatic rings. The van der Waals surface area contributed by atoms with Crippen LogP contribution in [0.4, 0.5) is 11.4 Å². The highest BCUT2D eigenvalue weighted by atomic mass is 35.5. The van der Waals surface area contributed by atoms with Crippen LogP contribution in [-0.4, -0.2) is 83.2 Å². The quantitative estimate of drug-likeness (QED) is 0.155. The van der Waals surface area contributed by atoms with Gasteiger partial charge in [-0.05, 0) is 129 Å². The van der Waals surface area contributed by atoms with Crippen LogP contribution >= 0.6 is 11.6 Å². The van der Waals surface area contributed by atoms with Gasteiger partial charge in [-0.3, -0.25) is 35.0 Å². The van der Waals surface area contributed by atoms with E-state index in [0.717, 1.165) is 84.9 Å². The van der Waals surface area contributed by atoms with E-state index < -0.39 is 11.8 Å². The normalized spacial score (nSPS) is 21.7. The molecule has 0 bridgehead atoms. The van der Waals surface area contributed by atoms with Gasteiger partial charge in [-0.2, -0.15) is 0 Å². The number of imidazole rings is 1. The zero-order valence-electron chi connectivity index (χ0n) is 34.1. The van der Waals surface area contributed by atoms with Gasteiger partial charge in [-0.15, -0.1) is 0 Å². The summed E-state index contributed by atoms with van der Waals surface area (Å²) in [4.78, 5) is 53.3. The Morgan fingerprint density at radius 3 is 2.53 bits per heavy atom. The third-order valence-electron chi connectivity index (χ3n) is 13.8. The zero-order valence-corrected chi connectivity index (χ0v) is 34.8. The van der Waals surface area contributed by atoms with Crippen LogP contribution in [-0.2, 0) is 22.6 Å². The van der Waals surface area contributed by atoms with Gasteiger partial charge < -0.3 is 20.9 Å². The van der Waals surface area contributed by atoms with E-state index in [1.54, 1.807) is 4.68 Å². The molecule has 2 aromatic carbocycles. The van der Waals surface area contributed by atoms with Gasteiger partial charge in [0.25, 0.3) is 5.91 Å². The average molecular weight is 817 g/mol. The number of carbonyl (C=O) groups excluding carboxylic acids is 3. The number of imide groups is 1. The number of nitrogens with two attached hydrogens (primary N) is 1. The van der Waals surface area contributed by atoms with Gasteiger partial charge in [0.05, 0.1) is 23.5 Å². The topological polar surface area (TPSA) is 154 Å². The van der Waals surface area contributed by atoms with Crippen molar-refractivity contribution in [2.24, 2.45) is 11.1 Å². The fourth-order valence-corrected chi connectivity index (χ4v) is 10.7. The van der Waals surface area contributed by atoms with Crippen molar-refractivity contribution in [1.29, 1.82) is 0 Å². The monoisotopic (exact) mass is 816 g/mol. The third kappa shape index (κ3) is 7.32. The number of likely N-dealkylation sites (tertiary alicyclic amines) is 1. The summed E-state index contributed by atoms with van der Waals surface area (Å²) < 4.78 is 1.68. The summed E-state index contributed by atoms with van der Waals surface area (Å²) >= 11 is 6.68. The average Bonchev–Trinajstić information content (AvgIpc) is 3.88. The van der Waals surface area contributed by atoms with Crippen molar-refractivity contribution >= 4 is 46.4 Å². The van der Waals surface area contributed by atoms with Crippen molar-refractivity contribution in [3.8, 4) is 11.3 Å². The Balaban J connectivity index is 0.802. The number of nitrogens with zero attached hydrogens (tertiary/aromatic N) is 6. The van der Waals surface area contributed by atoms with Gasteiger partial charge in [0.15, 0.2) is 5.82 Å². The van der Waals surface area contributed by atoms with E-state index in [1.807, 2.05) is 19.3 Å². The Bertz CT molecular complexity index is 2320.